The van der Waals surface area contributed by atoms with Gasteiger partial charge in [-0.25, -0.2) is 4.99 Å². The second-order valence-corrected chi connectivity index (χ2v) is 5.79. The SMILES string of the molecule is Cn1sc(=Nc2ccc(Cl)cc2)nc1-c1ccccc1. The molecule has 20 heavy (non-hydrogen) atoms. The lowest BCUT2D eigenvalue weighted by atomic mass is 10.2. The van der Waals surface area contributed by atoms with Crippen LogP contribution in [0.2, 0.25) is 5.02 Å². The zero-order chi connectivity index (χ0) is 13.9. The predicted octanol–water partition coefficient (Wildman–Crippen LogP) is 4.03. The fourth-order valence-electron chi connectivity index (χ4n) is 1.85. The molecule has 100 valence electrons. The van der Waals surface area contributed by atoms with Gasteiger partial charge in [-0.05, 0) is 35.8 Å². The molecule has 3 rings (SSSR count). The van der Waals surface area contributed by atoms with Gasteiger partial charge in [-0.1, -0.05) is 41.9 Å². The van der Waals surface area contributed by atoms with Gasteiger partial charge >= 0.3 is 0 Å². The van der Waals surface area contributed by atoms with Crippen LogP contribution in [-0.2, 0) is 7.05 Å². The van der Waals surface area contributed by atoms with Gasteiger partial charge in [0.1, 0.15) is 0 Å². The van der Waals surface area contributed by atoms with Crippen molar-refractivity contribution in [2.24, 2.45) is 12.0 Å². The van der Waals surface area contributed by atoms with E-state index in [1.54, 1.807) is 0 Å². The molecule has 0 unspecified atom stereocenters. The molecule has 0 N–H and O–H groups in total. The van der Waals surface area contributed by atoms with Crippen LogP contribution in [0.15, 0.2) is 59.6 Å². The summed E-state index contributed by atoms with van der Waals surface area (Å²) in [7, 11) is 1.99. The molecule has 0 fully saturated rings. The Morgan fingerprint density at radius 3 is 2.45 bits per heavy atom. The topological polar surface area (TPSA) is 30.2 Å². The maximum absolute atomic E-state index is 5.87. The first-order valence-electron chi connectivity index (χ1n) is 6.12. The van der Waals surface area contributed by atoms with Gasteiger partial charge in [-0.15, -0.1) is 0 Å². The summed E-state index contributed by atoms with van der Waals surface area (Å²) in [4.78, 5) is 9.83. The van der Waals surface area contributed by atoms with Gasteiger partial charge in [0.05, 0.1) is 5.69 Å². The average Bonchev–Trinajstić information content (AvgIpc) is 2.83. The minimum Gasteiger partial charge on any atom is -0.281 e. The largest absolute Gasteiger partial charge is 0.281 e. The molecule has 0 saturated carbocycles. The monoisotopic (exact) mass is 301 g/mol. The Kier molecular flexibility index (Phi) is 3.67. The lowest BCUT2D eigenvalue weighted by Crippen LogP contribution is -1.96. The summed E-state index contributed by atoms with van der Waals surface area (Å²) in [5.74, 6) is 0.920. The Bertz CT molecular complexity index is 773. The second kappa shape index (κ2) is 5.61. The summed E-state index contributed by atoms with van der Waals surface area (Å²) in [6, 6.07) is 17.5. The quantitative estimate of drug-likeness (QED) is 0.703. The summed E-state index contributed by atoms with van der Waals surface area (Å²) in [5, 5.41) is 0.707. The highest BCUT2D eigenvalue weighted by Crippen LogP contribution is 2.18. The van der Waals surface area contributed by atoms with E-state index >= 15 is 0 Å². The third-order valence-electron chi connectivity index (χ3n) is 2.80. The molecule has 3 nitrogen and oxygen atoms in total. The number of aryl methyl sites for hydroxylation is 1. The number of nitrogens with zero attached hydrogens (tertiary/aromatic N) is 3. The van der Waals surface area contributed by atoms with Crippen LogP contribution in [0.3, 0.4) is 0 Å². The van der Waals surface area contributed by atoms with Crippen LogP contribution in [0, 0.1) is 0 Å². The van der Waals surface area contributed by atoms with E-state index < -0.39 is 0 Å². The van der Waals surface area contributed by atoms with Crippen LogP contribution < -0.4 is 4.80 Å². The molecule has 0 aliphatic rings. The maximum Gasteiger partial charge on any atom is 0.227 e. The summed E-state index contributed by atoms with van der Waals surface area (Å²) < 4.78 is 2.02. The van der Waals surface area contributed by atoms with E-state index in [9.17, 15) is 0 Å². The molecular weight excluding hydrogens is 290 g/mol. The Hall–Kier alpha value is -1.91. The van der Waals surface area contributed by atoms with Crippen molar-refractivity contribution in [1.29, 1.82) is 0 Å². The molecule has 0 radical (unpaired) electrons. The molecule has 0 spiro atoms. The van der Waals surface area contributed by atoms with Crippen molar-refractivity contribution in [3.05, 3.63) is 64.4 Å². The van der Waals surface area contributed by atoms with Gasteiger partial charge < -0.3 is 0 Å². The highest BCUT2D eigenvalue weighted by Gasteiger charge is 2.05. The van der Waals surface area contributed by atoms with Crippen molar-refractivity contribution in [1.82, 2.24) is 8.94 Å². The van der Waals surface area contributed by atoms with Crippen LogP contribution in [0.1, 0.15) is 0 Å². The molecular formula is C15H12ClN3S. The van der Waals surface area contributed by atoms with Crippen molar-refractivity contribution < 1.29 is 0 Å². The number of benzene rings is 2. The molecule has 0 aliphatic heterocycles. The van der Waals surface area contributed by atoms with E-state index in [0.29, 0.717) is 5.02 Å². The van der Waals surface area contributed by atoms with E-state index in [2.05, 4.69) is 9.98 Å². The number of hydrogen-bond donors (Lipinski definition) is 0. The van der Waals surface area contributed by atoms with Crippen molar-refractivity contribution in [2.75, 3.05) is 0 Å². The van der Waals surface area contributed by atoms with Gasteiger partial charge in [-0.3, -0.25) is 3.96 Å². The lowest BCUT2D eigenvalue weighted by Gasteiger charge is -1.98. The van der Waals surface area contributed by atoms with Gasteiger partial charge in [0.15, 0.2) is 5.82 Å². The molecule has 2 aromatic carbocycles. The zero-order valence-corrected chi connectivity index (χ0v) is 12.4. The molecule has 0 bridgehead atoms. The standard InChI is InChI=1S/C15H12ClN3S/c1-19-14(11-5-3-2-4-6-11)18-15(20-19)17-13-9-7-12(16)8-10-13/h2-10H,1H3. The first-order chi connectivity index (χ1) is 9.72. The van der Waals surface area contributed by atoms with Gasteiger partial charge in [0.2, 0.25) is 4.80 Å². The molecule has 0 amide bonds. The Labute approximate surface area is 126 Å². The smallest absolute Gasteiger partial charge is 0.227 e. The van der Waals surface area contributed by atoms with E-state index in [1.165, 1.54) is 11.5 Å². The van der Waals surface area contributed by atoms with Gasteiger partial charge in [-0.2, -0.15) is 4.98 Å². The average molecular weight is 302 g/mol. The molecule has 1 aromatic heterocycles. The van der Waals surface area contributed by atoms with Crippen molar-refractivity contribution in [3.63, 3.8) is 0 Å². The molecule has 5 heteroatoms. The fourth-order valence-corrected chi connectivity index (χ4v) is 2.73. The summed E-state index contributed by atoms with van der Waals surface area (Å²) >= 11 is 7.38. The maximum atomic E-state index is 5.87. The van der Waals surface area contributed by atoms with Crippen molar-refractivity contribution in [3.8, 4) is 11.4 Å². The highest BCUT2D eigenvalue weighted by molar-refractivity contribution is 7.03. The number of aromatic nitrogens is 2. The summed E-state index contributed by atoms with van der Waals surface area (Å²) in [5.41, 5.74) is 1.94. The van der Waals surface area contributed by atoms with Crippen molar-refractivity contribution >= 4 is 28.8 Å². The Morgan fingerprint density at radius 1 is 1.05 bits per heavy atom. The minimum absolute atomic E-state index is 0.707. The molecule has 0 aliphatic carbocycles. The number of hydrogen-bond acceptors (Lipinski definition) is 3. The van der Waals surface area contributed by atoms with Crippen LogP contribution in [0.5, 0.6) is 0 Å². The van der Waals surface area contributed by atoms with Crippen LogP contribution in [0.4, 0.5) is 5.69 Å². The number of halogens is 1. The van der Waals surface area contributed by atoms with E-state index in [4.69, 9.17) is 11.6 Å². The summed E-state index contributed by atoms with van der Waals surface area (Å²) in [6.45, 7) is 0. The summed E-state index contributed by atoms with van der Waals surface area (Å²) in [6.07, 6.45) is 0. The van der Waals surface area contributed by atoms with E-state index in [1.807, 2.05) is 65.6 Å². The van der Waals surface area contributed by atoms with Crippen molar-refractivity contribution in [2.45, 2.75) is 0 Å². The first kappa shape index (κ1) is 13.1. The molecule has 0 atom stereocenters. The molecule has 3 aromatic rings. The first-order valence-corrected chi connectivity index (χ1v) is 7.27. The molecule has 1 heterocycles. The minimum atomic E-state index is 0.707. The zero-order valence-electron chi connectivity index (χ0n) is 10.8. The Morgan fingerprint density at radius 2 is 1.75 bits per heavy atom. The Balaban J connectivity index is 2.03. The molecule has 0 saturated heterocycles. The second-order valence-electron chi connectivity index (χ2n) is 4.26. The van der Waals surface area contributed by atoms with E-state index in [-0.39, 0.29) is 0 Å². The van der Waals surface area contributed by atoms with Crippen LogP contribution >= 0.6 is 23.1 Å². The van der Waals surface area contributed by atoms with Crippen LogP contribution in [0.25, 0.3) is 11.4 Å². The lowest BCUT2D eigenvalue weighted by molar-refractivity contribution is 1.00. The third-order valence-corrected chi connectivity index (χ3v) is 3.85. The third kappa shape index (κ3) is 2.81. The predicted molar refractivity (Wildman–Crippen MR) is 83.2 cm³/mol. The number of rotatable bonds is 2. The van der Waals surface area contributed by atoms with E-state index in [0.717, 1.165) is 21.9 Å². The fraction of sp³-hybridized carbons (Fsp3) is 0.0667. The van der Waals surface area contributed by atoms with Crippen LogP contribution in [-0.4, -0.2) is 8.94 Å². The van der Waals surface area contributed by atoms with Gasteiger partial charge in [0.25, 0.3) is 0 Å². The highest BCUT2D eigenvalue weighted by atomic mass is 35.5. The normalized spacial score (nSPS) is 11.8. The van der Waals surface area contributed by atoms with Gasteiger partial charge in [0, 0.05) is 17.6 Å².